The van der Waals surface area contributed by atoms with Crippen LogP contribution in [0.3, 0.4) is 0 Å². The molecule has 2 atom stereocenters. The van der Waals surface area contributed by atoms with E-state index in [4.69, 9.17) is 10.2 Å². The Morgan fingerprint density at radius 3 is 2.95 bits per heavy atom. The van der Waals surface area contributed by atoms with Gasteiger partial charge in [0.25, 0.3) is 11.7 Å². The smallest absolute Gasteiger partial charge is 0.298 e. The third-order valence-electron chi connectivity index (χ3n) is 3.72. The molecule has 0 radical (unpaired) electrons. The predicted molar refractivity (Wildman–Crippen MR) is 74.5 cm³/mol. The quantitative estimate of drug-likeness (QED) is 0.658. The lowest BCUT2D eigenvalue weighted by atomic mass is 9.91. The van der Waals surface area contributed by atoms with E-state index in [0.717, 1.165) is 25.7 Å². The lowest BCUT2D eigenvalue weighted by molar-refractivity contribution is -0.383. The molecule has 0 amide bonds. The maximum atomic E-state index is 10.9. The van der Waals surface area contributed by atoms with Gasteiger partial charge in [-0.25, -0.2) is 0 Å². The maximum absolute atomic E-state index is 10.9. The summed E-state index contributed by atoms with van der Waals surface area (Å²) >= 11 is 0. The molecule has 1 aliphatic rings. The van der Waals surface area contributed by atoms with Crippen molar-refractivity contribution < 1.29 is 9.34 Å². The standard InChI is InChI=1S/C13H16N4O3/c14-8-4-1-2-5-9(8)15-13-16-12-10(17(18)19)6-3-7-11(12)20-13/h3,6-9H,1-2,4-5,14H2,(H,15,16)/t8-,9-/m1/s1. The molecular weight excluding hydrogens is 260 g/mol. The van der Waals surface area contributed by atoms with Crippen molar-refractivity contribution in [2.75, 3.05) is 5.32 Å². The number of nitrogens with two attached hydrogens (primary N) is 1. The number of rotatable bonds is 3. The van der Waals surface area contributed by atoms with Crippen LogP contribution in [0.25, 0.3) is 11.1 Å². The van der Waals surface area contributed by atoms with E-state index in [-0.39, 0.29) is 23.3 Å². The van der Waals surface area contributed by atoms with Crippen molar-refractivity contribution >= 4 is 22.8 Å². The lowest BCUT2D eigenvalue weighted by Gasteiger charge is -2.28. The van der Waals surface area contributed by atoms with Gasteiger partial charge < -0.3 is 15.5 Å². The molecule has 7 heteroatoms. The average molecular weight is 276 g/mol. The fourth-order valence-corrected chi connectivity index (χ4v) is 2.64. The number of nitrogens with one attached hydrogen (secondary N) is 1. The van der Waals surface area contributed by atoms with Gasteiger partial charge in [-0.15, -0.1) is 0 Å². The van der Waals surface area contributed by atoms with Gasteiger partial charge >= 0.3 is 0 Å². The summed E-state index contributed by atoms with van der Waals surface area (Å²) < 4.78 is 5.53. The third-order valence-corrected chi connectivity index (χ3v) is 3.72. The Balaban J connectivity index is 1.89. The fourth-order valence-electron chi connectivity index (χ4n) is 2.64. The second kappa shape index (κ2) is 5.09. The summed E-state index contributed by atoms with van der Waals surface area (Å²) in [5.74, 6) is 0. The normalized spacial score (nSPS) is 22.9. The molecular formula is C13H16N4O3. The van der Waals surface area contributed by atoms with E-state index >= 15 is 0 Å². The number of nitro benzene ring substituents is 1. The molecule has 7 nitrogen and oxygen atoms in total. The topological polar surface area (TPSA) is 107 Å². The first kappa shape index (κ1) is 12.9. The van der Waals surface area contributed by atoms with Gasteiger partial charge in [0.15, 0.2) is 11.1 Å². The van der Waals surface area contributed by atoms with Crippen molar-refractivity contribution in [1.82, 2.24) is 4.98 Å². The molecule has 1 aromatic heterocycles. The van der Waals surface area contributed by atoms with Crippen LogP contribution in [0.2, 0.25) is 0 Å². The SMILES string of the molecule is N[C@@H]1CCCC[C@H]1Nc1nc2c([N+](=O)[O-])cccc2o1. The minimum Gasteiger partial charge on any atom is -0.423 e. The van der Waals surface area contributed by atoms with Crippen molar-refractivity contribution in [2.45, 2.75) is 37.8 Å². The Kier molecular flexibility index (Phi) is 3.27. The number of para-hydroxylation sites is 1. The molecule has 1 aromatic carbocycles. The van der Waals surface area contributed by atoms with E-state index in [0.29, 0.717) is 11.6 Å². The highest BCUT2D eigenvalue weighted by molar-refractivity contribution is 5.84. The number of fused-ring (bicyclic) bond motifs is 1. The van der Waals surface area contributed by atoms with Crippen molar-refractivity contribution in [3.63, 3.8) is 0 Å². The number of anilines is 1. The van der Waals surface area contributed by atoms with Gasteiger partial charge in [0, 0.05) is 18.2 Å². The van der Waals surface area contributed by atoms with Gasteiger partial charge in [0.05, 0.1) is 4.92 Å². The summed E-state index contributed by atoms with van der Waals surface area (Å²) in [6.07, 6.45) is 4.18. The number of nitro groups is 1. The number of nitrogens with zero attached hydrogens (tertiary/aromatic N) is 2. The highest BCUT2D eigenvalue weighted by Crippen LogP contribution is 2.28. The average Bonchev–Trinajstić information content (AvgIpc) is 2.83. The summed E-state index contributed by atoms with van der Waals surface area (Å²) in [7, 11) is 0. The number of oxazole rings is 1. The Morgan fingerprint density at radius 2 is 2.20 bits per heavy atom. The molecule has 1 fully saturated rings. The van der Waals surface area contributed by atoms with Crippen molar-refractivity contribution in [2.24, 2.45) is 5.73 Å². The van der Waals surface area contributed by atoms with E-state index in [1.807, 2.05) is 0 Å². The zero-order chi connectivity index (χ0) is 14.1. The van der Waals surface area contributed by atoms with Crippen LogP contribution >= 0.6 is 0 Å². The molecule has 0 unspecified atom stereocenters. The molecule has 1 saturated carbocycles. The molecule has 0 saturated heterocycles. The number of hydrogen-bond acceptors (Lipinski definition) is 6. The summed E-state index contributed by atoms with van der Waals surface area (Å²) in [6.45, 7) is 0. The molecule has 3 rings (SSSR count). The van der Waals surface area contributed by atoms with Crippen LogP contribution in [0.5, 0.6) is 0 Å². The first-order valence-electron chi connectivity index (χ1n) is 6.71. The second-order valence-electron chi connectivity index (χ2n) is 5.10. The van der Waals surface area contributed by atoms with Gasteiger partial charge in [0.1, 0.15) is 0 Å². The summed E-state index contributed by atoms with van der Waals surface area (Å²) in [5, 5.41) is 14.1. The van der Waals surface area contributed by atoms with E-state index in [1.54, 1.807) is 12.1 Å². The van der Waals surface area contributed by atoms with E-state index < -0.39 is 4.92 Å². The molecule has 0 bridgehead atoms. The Morgan fingerprint density at radius 1 is 1.40 bits per heavy atom. The van der Waals surface area contributed by atoms with Gasteiger partial charge in [-0.1, -0.05) is 18.9 Å². The van der Waals surface area contributed by atoms with Crippen LogP contribution in [-0.2, 0) is 0 Å². The Labute approximate surface area is 115 Å². The van der Waals surface area contributed by atoms with Crippen LogP contribution in [0.15, 0.2) is 22.6 Å². The highest BCUT2D eigenvalue weighted by Gasteiger charge is 2.24. The zero-order valence-corrected chi connectivity index (χ0v) is 10.9. The van der Waals surface area contributed by atoms with E-state index in [1.165, 1.54) is 6.07 Å². The van der Waals surface area contributed by atoms with Crippen LogP contribution in [-0.4, -0.2) is 22.0 Å². The van der Waals surface area contributed by atoms with Crippen molar-refractivity contribution in [3.05, 3.63) is 28.3 Å². The molecule has 1 aliphatic carbocycles. The van der Waals surface area contributed by atoms with Crippen molar-refractivity contribution in [1.29, 1.82) is 0 Å². The summed E-state index contributed by atoms with van der Waals surface area (Å²) in [5.41, 5.74) is 6.69. The molecule has 3 N–H and O–H groups in total. The molecule has 106 valence electrons. The largest absolute Gasteiger partial charge is 0.423 e. The van der Waals surface area contributed by atoms with Crippen LogP contribution in [0, 0.1) is 10.1 Å². The summed E-state index contributed by atoms with van der Waals surface area (Å²) in [6, 6.07) is 5.14. The van der Waals surface area contributed by atoms with E-state index in [2.05, 4.69) is 10.3 Å². The van der Waals surface area contributed by atoms with E-state index in [9.17, 15) is 10.1 Å². The highest BCUT2D eigenvalue weighted by atomic mass is 16.6. The predicted octanol–water partition coefficient (Wildman–Crippen LogP) is 2.42. The number of non-ortho nitro benzene ring substituents is 1. The van der Waals surface area contributed by atoms with Crippen LogP contribution in [0.4, 0.5) is 11.7 Å². The Hall–Kier alpha value is -2.15. The van der Waals surface area contributed by atoms with Crippen LogP contribution < -0.4 is 11.1 Å². The molecule has 0 spiro atoms. The molecule has 20 heavy (non-hydrogen) atoms. The number of aromatic nitrogens is 1. The second-order valence-corrected chi connectivity index (χ2v) is 5.10. The number of benzene rings is 1. The minimum atomic E-state index is -0.457. The summed E-state index contributed by atoms with van der Waals surface area (Å²) in [4.78, 5) is 14.7. The third kappa shape index (κ3) is 2.32. The van der Waals surface area contributed by atoms with Crippen molar-refractivity contribution in [3.8, 4) is 0 Å². The minimum absolute atomic E-state index is 0.0488. The van der Waals surface area contributed by atoms with Gasteiger partial charge in [-0.05, 0) is 18.9 Å². The van der Waals surface area contributed by atoms with Crippen LogP contribution in [0.1, 0.15) is 25.7 Å². The zero-order valence-electron chi connectivity index (χ0n) is 10.9. The monoisotopic (exact) mass is 276 g/mol. The molecule has 2 aromatic rings. The van der Waals surface area contributed by atoms with Gasteiger partial charge in [0.2, 0.25) is 0 Å². The first-order valence-corrected chi connectivity index (χ1v) is 6.71. The maximum Gasteiger partial charge on any atom is 0.298 e. The molecule has 0 aliphatic heterocycles. The lowest BCUT2D eigenvalue weighted by Crippen LogP contribution is -2.42. The van der Waals surface area contributed by atoms with Gasteiger partial charge in [-0.2, -0.15) is 4.98 Å². The Bertz CT molecular complexity index is 640. The first-order chi connectivity index (χ1) is 9.65. The fraction of sp³-hybridized carbons (Fsp3) is 0.462. The van der Waals surface area contributed by atoms with Gasteiger partial charge in [-0.3, -0.25) is 10.1 Å². The number of hydrogen-bond donors (Lipinski definition) is 2. The molecule has 1 heterocycles.